The van der Waals surface area contributed by atoms with Gasteiger partial charge in [0.05, 0.1) is 5.41 Å². The number of anilines is 6. The van der Waals surface area contributed by atoms with E-state index in [0.717, 1.165) is 34.1 Å². The topological polar surface area (TPSA) is 6.48 Å². The van der Waals surface area contributed by atoms with E-state index in [1.807, 2.05) is 0 Å². The third-order valence-corrected chi connectivity index (χ3v) is 10.1. The quantitative estimate of drug-likeness (QED) is 0.161. The van der Waals surface area contributed by atoms with Gasteiger partial charge in [0.25, 0.3) is 0 Å². The predicted molar refractivity (Wildman–Crippen MR) is 213 cm³/mol. The standard InChI is InChI=1S/C49H36N2/c1-5-18-37(19-6-1)49(47-30-15-13-28-45(47)46-29-14-16-31-48(46)49)38-20-17-27-44(36-38)51(41-25-11-4-12-26-41)43-34-32-42(33-35-43)50(39-21-7-2-8-22-39)40-23-9-3-10-24-40/h1-36H. The molecule has 0 aromatic heterocycles. The van der Waals surface area contributed by atoms with E-state index in [4.69, 9.17) is 0 Å². The minimum Gasteiger partial charge on any atom is -0.311 e. The van der Waals surface area contributed by atoms with Crippen LogP contribution in [-0.4, -0.2) is 0 Å². The van der Waals surface area contributed by atoms with Crippen molar-refractivity contribution in [2.75, 3.05) is 9.80 Å². The average Bonchev–Trinajstić information content (AvgIpc) is 3.52. The van der Waals surface area contributed by atoms with Crippen LogP contribution in [0.2, 0.25) is 0 Å². The van der Waals surface area contributed by atoms with Crippen LogP contribution in [0.5, 0.6) is 0 Å². The number of nitrogens with zero attached hydrogens (tertiary/aromatic N) is 2. The van der Waals surface area contributed by atoms with Gasteiger partial charge in [-0.15, -0.1) is 0 Å². The lowest BCUT2D eigenvalue weighted by Gasteiger charge is -2.35. The van der Waals surface area contributed by atoms with E-state index in [9.17, 15) is 0 Å². The summed E-state index contributed by atoms with van der Waals surface area (Å²) in [4.78, 5) is 4.67. The number of hydrogen-bond donors (Lipinski definition) is 0. The minimum atomic E-state index is -0.470. The first-order valence-corrected chi connectivity index (χ1v) is 17.5. The van der Waals surface area contributed by atoms with E-state index >= 15 is 0 Å². The second-order valence-corrected chi connectivity index (χ2v) is 13.0. The molecule has 0 bridgehead atoms. The summed E-state index contributed by atoms with van der Waals surface area (Å²) in [6.07, 6.45) is 0. The average molecular weight is 653 g/mol. The molecule has 242 valence electrons. The van der Waals surface area contributed by atoms with Gasteiger partial charge in [-0.2, -0.15) is 0 Å². The Hall–Kier alpha value is -6.64. The Balaban J connectivity index is 1.21. The van der Waals surface area contributed by atoms with Crippen LogP contribution in [0.25, 0.3) is 11.1 Å². The molecular formula is C49H36N2. The lowest BCUT2D eigenvalue weighted by Crippen LogP contribution is -2.28. The molecule has 2 heteroatoms. The maximum absolute atomic E-state index is 2.40. The zero-order chi connectivity index (χ0) is 34.0. The molecule has 0 spiro atoms. The van der Waals surface area contributed by atoms with Crippen molar-refractivity contribution in [3.05, 3.63) is 241 Å². The van der Waals surface area contributed by atoms with Crippen LogP contribution in [-0.2, 0) is 5.41 Å². The van der Waals surface area contributed by atoms with Gasteiger partial charge < -0.3 is 9.80 Å². The molecule has 0 N–H and O–H groups in total. The molecule has 8 aromatic carbocycles. The molecular weight excluding hydrogens is 617 g/mol. The van der Waals surface area contributed by atoms with Crippen molar-refractivity contribution in [1.82, 2.24) is 0 Å². The second-order valence-electron chi connectivity index (χ2n) is 13.0. The van der Waals surface area contributed by atoms with Crippen LogP contribution in [0, 0.1) is 0 Å². The number of para-hydroxylation sites is 3. The number of rotatable bonds is 8. The largest absolute Gasteiger partial charge is 0.311 e. The van der Waals surface area contributed by atoms with Crippen LogP contribution < -0.4 is 9.80 Å². The summed E-state index contributed by atoms with van der Waals surface area (Å²) in [6.45, 7) is 0. The van der Waals surface area contributed by atoms with Crippen molar-refractivity contribution in [3.63, 3.8) is 0 Å². The van der Waals surface area contributed by atoms with Crippen LogP contribution in [0.1, 0.15) is 22.3 Å². The number of fused-ring (bicyclic) bond motifs is 3. The van der Waals surface area contributed by atoms with Crippen LogP contribution in [0.4, 0.5) is 34.1 Å². The third-order valence-electron chi connectivity index (χ3n) is 10.1. The van der Waals surface area contributed by atoms with E-state index in [1.165, 1.54) is 33.4 Å². The van der Waals surface area contributed by atoms with E-state index in [2.05, 4.69) is 228 Å². The molecule has 0 unspecified atom stereocenters. The Kier molecular flexibility index (Phi) is 7.75. The molecule has 1 aliphatic carbocycles. The highest BCUT2D eigenvalue weighted by atomic mass is 15.2. The second kappa shape index (κ2) is 13.0. The van der Waals surface area contributed by atoms with Crippen LogP contribution in [0.15, 0.2) is 218 Å². The van der Waals surface area contributed by atoms with E-state index in [1.54, 1.807) is 0 Å². The Morgan fingerprint density at radius 3 is 1.06 bits per heavy atom. The molecule has 8 aromatic rings. The smallest absolute Gasteiger partial charge is 0.0714 e. The summed E-state index contributed by atoms with van der Waals surface area (Å²) in [6, 6.07) is 78.7. The van der Waals surface area contributed by atoms with Gasteiger partial charge in [0.15, 0.2) is 0 Å². The first kappa shape index (κ1) is 30.4. The first-order valence-electron chi connectivity index (χ1n) is 17.5. The molecule has 0 aliphatic heterocycles. The normalized spacial score (nSPS) is 12.5. The van der Waals surface area contributed by atoms with Crippen molar-refractivity contribution in [3.8, 4) is 11.1 Å². The highest BCUT2D eigenvalue weighted by molar-refractivity contribution is 5.87. The molecule has 0 saturated carbocycles. The van der Waals surface area contributed by atoms with E-state index < -0.39 is 5.41 Å². The van der Waals surface area contributed by atoms with Gasteiger partial charge in [0, 0.05) is 34.1 Å². The number of benzene rings is 8. The summed E-state index contributed by atoms with van der Waals surface area (Å²) < 4.78 is 0. The maximum atomic E-state index is 2.40. The highest BCUT2D eigenvalue weighted by Gasteiger charge is 2.46. The van der Waals surface area contributed by atoms with Gasteiger partial charge >= 0.3 is 0 Å². The maximum Gasteiger partial charge on any atom is 0.0714 e. The van der Waals surface area contributed by atoms with Gasteiger partial charge in [-0.3, -0.25) is 0 Å². The lowest BCUT2D eigenvalue weighted by molar-refractivity contribution is 0.768. The summed E-state index contributed by atoms with van der Waals surface area (Å²) in [5, 5.41) is 0. The first-order chi connectivity index (χ1) is 25.3. The summed E-state index contributed by atoms with van der Waals surface area (Å²) >= 11 is 0. The number of hydrogen-bond acceptors (Lipinski definition) is 2. The molecule has 0 atom stereocenters. The summed E-state index contributed by atoms with van der Waals surface area (Å²) in [5.41, 5.74) is 13.9. The monoisotopic (exact) mass is 652 g/mol. The van der Waals surface area contributed by atoms with Gasteiger partial charge in [-0.05, 0) is 106 Å². The predicted octanol–water partition coefficient (Wildman–Crippen LogP) is 13.0. The van der Waals surface area contributed by atoms with Crippen molar-refractivity contribution in [1.29, 1.82) is 0 Å². The van der Waals surface area contributed by atoms with Crippen molar-refractivity contribution < 1.29 is 0 Å². The summed E-state index contributed by atoms with van der Waals surface area (Å²) in [5.74, 6) is 0. The molecule has 0 amide bonds. The van der Waals surface area contributed by atoms with Crippen molar-refractivity contribution >= 4 is 34.1 Å². The fourth-order valence-corrected chi connectivity index (χ4v) is 7.97. The van der Waals surface area contributed by atoms with Gasteiger partial charge in [-0.1, -0.05) is 146 Å². The van der Waals surface area contributed by atoms with Gasteiger partial charge in [0.2, 0.25) is 0 Å². The Morgan fingerprint density at radius 2 is 0.588 bits per heavy atom. The third kappa shape index (κ3) is 5.21. The molecule has 0 radical (unpaired) electrons. The van der Waals surface area contributed by atoms with Crippen molar-refractivity contribution in [2.45, 2.75) is 5.41 Å². The van der Waals surface area contributed by atoms with Gasteiger partial charge in [0.1, 0.15) is 0 Å². The molecule has 0 heterocycles. The molecule has 0 saturated heterocycles. The fourth-order valence-electron chi connectivity index (χ4n) is 7.97. The molecule has 0 fully saturated rings. The highest BCUT2D eigenvalue weighted by Crippen LogP contribution is 2.56. The molecule has 2 nitrogen and oxygen atoms in total. The lowest BCUT2D eigenvalue weighted by atomic mass is 9.67. The fraction of sp³-hybridized carbons (Fsp3) is 0.0204. The molecule has 51 heavy (non-hydrogen) atoms. The zero-order valence-corrected chi connectivity index (χ0v) is 28.2. The van der Waals surface area contributed by atoms with Gasteiger partial charge in [-0.25, -0.2) is 0 Å². The molecule has 9 rings (SSSR count). The van der Waals surface area contributed by atoms with Crippen LogP contribution >= 0.6 is 0 Å². The Morgan fingerprint density at radius 1 is 0.255 bits per heavy atom. The van der Waals surface area contributed by atoms with E-state index in [0.29, 0.717) is 0 Å². The minimum absolute atomic E-state index is 0.470. The van der Waals surface area contributed by atoms with Crippen LogP contribution in [0.3, 0.4) is 0 Å². The van der Waals surface area contributed by atoms with E-state index in [-0.39, 0.29) is 0 Å². The zero-order valence-electron chi connectivity index (χ0n) is 28.2. The Labute approximate surface area is 300 Å². The summed E-state index contributed by atoms with van der Waals surface area (Å²) in [7, 11) is 0. The SMILES string of the molecule is c1ccc(N(c2ccccc2)c2ccc(N(c3ccccc3)c3cccc(C4(c5ccccc5)c5ccccc5-c5ccccc54)c3)cc2)cc1. The Bertz CT molecular complexity index is 2320. The van der Waals surface area contributed by atoms with Crippen molar-refractivity contribution in [2.24, 2.45) is 0 Å². The molecule has 1 aliphatic rings.